The molecule has 1 atom stereocenters. The Morgan fingerprint density at radius 2 is 2.00 bits per heavy atom. The summed E-state index contributed by atoms with van der Waals surface area (Å²) in [6.45, 7) is 0.719. The summed E-state index contributed by atoms with van der Waals surface area (Å²) in [5, 5.41) is 4.12. The molecule has 0 unspecified atom stereocenters. The highest BCUT2D eigenvalue weighted by molar-refractivity contribution is 5.18. The zero-order valence-electron chi connectivity index (χ0n) is 7.88. The first-order valence-electron chi connectivity index (χ1n) is 4.64. The van der Waals surface area contributed by atoms with E-state index in [9.17, 15) is 0 Å². The first kappa shape index (κ1) is 8.97. The van der Waals surface area contributed by atoms with Crippen molar-refractivity contribution in [2.45, 2.75) is 12.6 Å². The highest BCUT2D eigenvalue weighted by Gasteiger charge is 2.05. The van der Waals surface area contributed by atoms with Crippen LogP contribution in [0, 0.1) is 0 Å². The summed E-state index contributed by atoms with van der Waals surface area (Å²) in [5.41, 5.74) is 7.17. The summed E-state index contributed by atoms with van der Waals surface area (Å²) in [6, 6.07) is 12.0. The zero-order valence-corrected chi connectivity index (χ0v) is 7.88. The van der Waals surface area contributed by atoms with Gasteiger partial charge >= 0.3 is 0 Å². The Morgan fingerprint density at radius 1 is 1.21 bits per heavy atom. The fourth-order valence-corrected chi connectivity index (χ4v) is 1.42. The van der Waals surface area contributed by atoms with E-state index in [1.54, 1.807) is 6.20 Å². The van der Waals surface area contributed by atoms with Crippen molar-refractivity contribution in [1.82, 2.24) is 9.78 Å². The molecule has 3 heteroatoms. The quantitative estimate of drug-likeness (QED) is 0.792. The third-order valence-corrected chi connectivity index (χ3v) is 2.17. The lowest BCUT2D eigenvalue weighted by molar-refractivity contribution is 0.528. The van der Waals surface area contributed by atoms with Gasteiger partial charge in [-0.15, -0.1) is 0 Å². The highest BCUT2D eigenvalue weighted by Crippen LogP contribution is 2.10. The second kappa shape index (κ2) is 4.07. The number of nitrogens with zero attached hydrogens (tertiary/aromatic N) is 2. The van der Waals surface area contributed by atoms with Gasteiger partial charge in [0.2, 0.25) is 0 Å². The maximum Gasteiger partial charge on any atom is 0.0602 e. The fraction of sp³-hybridized carbons (Fsp3) is 0.182. The van der Waals surface area contributed by atoms with Crippen LogP contribution in [0.15, 0.2) is 48.8 Å². The SMILES string of the molecule is N[C@H](Cn1cccn1)c1ccccc1. The van der Waals surface area contributed by atoms with E-state index < -0.39 is 0 Å². The molecule has 0 amide bonds. The highest BCUT2D eigenvalue weighted by atomic mass is 15.3. The minimum atomic E-state index is 0.0103. The molecular weight excluding hydrogens is 174 g/mol. The molecule has 1 aromatic heterocycles. The molecule has 0 spiro atoms. The van der Waals surface area contributed by atoms with E-state index in [0.29, 0.717) is 0 Å². The van der Waals surface area contributed by atoms with Crippen LogP contribution in [0.3, 0.4) is 0 Å². The minimum absolute atomic E-state index is 0.0103. The third-order valence-electron chi connectivity index (χ3n) is 2.17. The van der Waals surface area contributed by atoms with Gasteiger partial charge in [0.25, 0.3) is 0 Å². The number of rotatable bonds is 3. The van der Waals surface area contributed by atoms with Crippen molar-refractivity contribution >= 4 is 0 Å². The van der Waals surface area contributed by atoms with Crippen LogP contribution in [-0.4, -0.2) is 9.78 Å². The second-order valence-electron chi connectivity index (χ2n) is 3.25. The van der Waals surface area contributed by atoms with E-state index in [4.69, 9.17) is 5.73 Å². The molecule has 2 N–H and O–H groups in total. The summed E-state index contributed by atoms with van der Waals surface area (Å²) in [4.78, 5) is 0. The lowest BCUT2D eigenvalue weighted by atomic mass is 10.1. The number of benzene rings is 1. The topological polar surface area (TPSA) is 43.8 Å². The summed E-state index contributed by atoms with van der Waals surface area (Å²) in [7, 11) is 0. The lowest BCUT2D eigenvalue weighted by Gasteiger charge is -2.11. The molecule has 0 aliphatic rings. The molecule has 0 aliphatic heterocycles. The molecule has 3 nitrogen and oxygen atoms in total. The Bertz CT molecular complexity index is 367. The molecule has 72 valence electrons. The first-order chi connectivity index (χ1) is 6.86. The molecule has 0 saturated carbocycles. The Kier molecular flexibility index (Phi) is 2.60. The molecule has 1 aromatic carbocycles. The molecule has 0 bridgehead atoms. The van der Waals surface area contributed by atoms with Gasteiger partial charge in [0.15, 0.2) is 0 Å². The van der Waals surface area contributed by atoms with Crippen molar-refractivity contribution in [3.63, 3.8) is 0 Å². The van der Waals surface area contributed by atoms with Crippen LogP contribution in [-0.2, 0) is 6.54 Å². The molecular formula is C11H13N3. The standard InChI is InChI=1S/C11H13N3/c12-11(9-14-8-4-7-13-14)10-5-2-1-3-6-10/h1-8,11H,9,12H2/t11-/m1/s1. The molecule has 0 fully saturated rings. The van der Waals surface area contributed by atoms with Gasteiger partial charge in [-0.1, -0.05) is 30.3 Å². The molecule has 0 saturated heterocycles. The monoisotopic (exact) mass is 187 g/mol. The van der Waals surface area contributed by atoms with Crippen LogP contribution >= 0.6 is 0 Å². The predicted octanol–water partition coefficient (Wildman–Crippen LogP) is 1.58. The summed E-state index contributed by atoms with van der Waals surface area (Å²) in [5.74, 6) is 0. The van der Waals surface area contributed by atoms with Crippen molar-refractivity contribution in [2.24, 2.45) is 5.73 Å². The van der Waals surface area contributed by atoms with Gasteiger partial charge in [0.05, 0.1) is 6.54 Å². The Labute approximate surface area is 83.2 Å². The number of hydrogen-bond acceptors (Lipinski definition) is 2. The maximum atomic E-state index is 6.03. The van der Waals surface area contributed by atoms with Gasteiger partial charge in [-0.3, -0.25) is 4.68 Å². The van der Waals surface area contributed by atoms with Crippen LogP contribution in [0.25, 0.3) is 0 Å². The lowest BCUT2D eigenvalue weighted by Crippen LogP contribution is -2.17. The number of aromatic nitrogens is 2. The predicted molar refractivity (Wildman–Crippen MR) is 55.6 cm³/mol. The summed E-state index contributed by atoms with van der Waals surface area (Å²) < 4.78 is 1.84. The number of nitrogens with two attached hydrogens (primary N) is 1. The van der Waals surface area contributed by atoms with Crippen LogP contribution < -0.4 is 5.73 Å². The van der Waals surface area contributed by atoms with E-state index in [0.717, 1.165) is 12.1 Å². The van der Waals surface area contributed by atoms with Gasteiger partial charge in [0, 0.05) is 18.4 Å². The summed E-state index contributed by atoms with van der Waals surface area (Å²) in [6.07, 6.45) is 3.68. The van der Waals surface area contributed by atoms with Crippen molar-refractivity contribution in [2.75, 3.05) is 0 Å². The molecule has 1 heterocycles. The van der Waals surface area contributed by atoms with E-state index in [-0.39, 0.29) is 6.04 Å². The van der Waals surface area contributed by atoms with Gasteiger partial charge in [-0.2, -0.15) is 5.10 Å². The molecule has 14 heavy (non-hydrogen) atoms. The van der Waals surface area contributed by atoms with Crippen molar-refractivity contribution < 1.29 is 0 Å². The van der Waals surface area contributed by atoms with Gasteiger partial charge < -0.3 is 5.73 Å². The van der Waals surface area contributed by atoms with Crippen molar-refractivity contribution in [3.8, 4) is 0 Å². The van der Waals surface area contributed by atoms with Gasteiger partial charge in [0.1, 0.15) is 0 Å². The van der Waals surface area contributed by atoms with E-state index in [2.05, 4.69) is 5.10 Å². The molecule has 0 radical (unpaired) electrons. The van der Waals surface area contributed by atoms with Crippen molar-refractivity contribution in [3.05, 3.63) is 54.4 Å². The molecule has 2 rings (SSSR count). The van der Waals surface area contributed by atoms with E-state index in [1.165, 1.54) is 0 Å². The Balaban J connectivity index is 2.07. The fourth-order valence-electron chi connectivity index (χ4n) is 1.42. The van der Waals surface area contributed by atoms with E-state index in [1.807, 2.05) is 47.3 Å². The molecule has 0 aliphatic carbocycles. The Morgan fingerprint density at radius 3 is 2.64 bits per heavy atom. The third kappa shape index (κ3) is 2.00. The van der Waals surface area contributed by atoms with Gasteiger partial charge in [-0.25, -0.2) is 0 Å². The van der Waals surface area contributed by atoms with Crippen LogP contribution in [0.1, 0.15) is 11.6 Å². The zero-order chi connectivity index (χ0) is 9.80. The van der Waals surface area contributed by atoms with Crippen LogP contribution in [0.4, 0.5) is 0 Å². The number of hydrogen-bond donors (Lipinski definition) is 1. The molecule has 2 aromatic rings. The van der Waals surface area contributed by atoms with Crippen molar-refractivity contribution in [1.29, 1.82) is 0 Å². The largest absolute Gasteiger partial charge is 0.322 e. The summed E-state index contributed by atoms with van der Waals surface area (Å²) >= 11 is 0. The minimum Gasteiger partial charge on any atom is -0.322 e. The van der Waals surface area contributed by atoms with Gasteiger partial charge in [-0.05, 0) is 11.6 Å². The first-order valence-corrected chi connectivity index (χ1v) is 4.64. The second-order valence-corrected chi connectivity index (χ2v) is 3.25. The normalized spacial score (nSPS) is 12.6. The van der Waals surface area contributed by atoms with E-state index >= 15 is 0 Å². The average molecular weight is 187 g/mol. The average Bonchev–Trinajstić information content (AvgIpc) is 2.72. The maximum absolute atomic E-state index is 6.03. The Hall–Kier alpha value is -1.61. The van der Waals surface area contributed by atoms with Crippen LogP contribution in [0.5, 0.6) is 0 Å². The van der Waals surface area contributed by atoms with Crippen LogP contribution in [0.2, 0.25) is 0 Å². The smallest absolute Gasteiger partial charge is 0.0602 e.